The van der Waals surface area contributed by atoms with E-state index in [9.17, 15) is 77.6 Å². The molecule has 1 aliphatic rings. The van der Waals surface area contributed by atoms with Gasteiger partial charge in [0.1, 0.15) is 53.5 Å². The number of carbonyl (C=O) groups is 12. The zero-order valence-electron chi connectivity index (χ0n) is 62.3. The number of fused-ring (bicyclic) bond motifs is 1. The van der Waals surface area contributed by atoms with Gasteiger partial charge in [0.15, 0.2) is 11.5 Å². The zero-order chi connectivity index (χ0) is 80.9. The molecule has 4 aromatic heterocycles. The van der Waals surface area contributed by atoms with Gasteiger partial charge in [-0.15, -0.1) is 16.9 Å². The van der Waals surface area contributed by atoms with Crippen molar-refractivity contribution in [1.29, 1.82) is 0 Å². The summed E-state index contributed by atoms with van der Waals surface area (Å²) in [6.07, 6.45) is 6.57. The van der Waals surface area contributed by atoms with Gasteiger partial charge in [0.05, 0.1) is 103 Å². The fraction of sp³-hybridized carbons (Fsp3) is 0.588. The largest absolute Gasteiger partial charge is 0.480 e. The molecule has 111 heavy (non-hydrogen) atoms. The topological polar surface area (TPSA) is 615 Å². The number of aliphatic hydroxyl groups excluding tert-OH is 2. The summed E-state index contributed by atoms with van der Waals surface area (Å²) in [7, 11) is 0. The minimum Gasteiger partial charge on any atom is -0.480 e. The van der Waals surface area contributed by atoms with Crippen molar-refractivity contribution < 1.29 is 91.8 Å². The van der Waals surface area contributed by atoms with E-state index < -0.39 is 156 Å². The number of hydrogen-bond donors (Lipinski definition) is 17. The molecule has 11 amide bonds. The van der Waals surface area contributed by atoms with Gasteiger partial charge in [-0.3, -0.25) is 62.2 Å². The molecule has 6 rings (SSSR count). The summed E-state index contributed by atoms with van der Waals surface area (Å²) in [5, 5.41) is 59.2. The number of nitrogens with one attached hydrogen (secondary N) is 11. The molecule has 42 nitrogen and oxygen atoms in total. The highest BCUT2D eigenvalue weighted by Gasteiger charge is 2.41. The third-order valence-corrected chi connectivity index (χ3v) is 18.2. The van der Waals surface area contributed by atoms with E-state index in [-0.39, 0.29) is 127 Å². The van der Waals surface area contributed by atoms with Crippen LogP contribution in [0.15, 0.2) is 53.8 Å². The highest BCUT2D eigenvalue weighted by Crippen LogP contribution is 2.26. The molecule has 1 aliphatic heterocycles. The van der Waals surface area contributed by atoms with Crippen molar-refractivity contribution in [3.8, 4) is 6.01 Å². The Morgan fingerprint density at radius 1 is 0.703 bits per heavy atom. The fourth-order valence-electron chi connectivity index (χ4n) is 10.8. The Bertz CT molecular complexity index is 3940. The summed E-state index contributed by atoms with van der Waals surface area (Å²) in [6, 6.07) is -3.28. The van der Waals surface area contributed by atoms with E-state index in [4.69, 9.17) is 36.1 Å². The summed E-state index contributed by atoms with van der Waals surface area (Å²) in [5.41, 5.74) is 19.2. The molecular formula is C68H102N22O20S. The number of nitrogens with zero attached hydrogens (tertiary/aromatic N) is 8. The number of aliphatic hydroxyl groups is 2. The number of carboxylic acids is 1. The number of rotatable bonds is 53. The Morgan fingerprint density at radius 2 is 1.34 bits per heavy atom. The van der Waals surface area contributed by atoms with Crippen molar-refractivity contribution in [2.45, 2.75) is 159 Å². The minimum atomic E-state index is -1.83. The van der Waals surface area contributed by atoms with Crippen LogP contribution in [0.2, 0.25) is 0 Å². The maximum Gasteiger partial charge on any atom is 0.328 e. The lowest BCUT2D eigenvalue weighted by molar-refractivity contribution is -0.143. The smallest absolute Gasteiger partial charge is 0.328 e. The third kappa shape index (κ3) is 30.0. The Hall–Kier alpha value is -10.6. The predicted molar refractivity (Wildman–Crippen MR) is 397 cm³/mol. The highest BCUT2D eigenvalue weighted by molar-refractivity contribution is 8.00. The third-order valence-electron chi connectivity index (χ3n) is 16.9. The summed E-state index contributed by atoms with van der Waals surface area (Å²) < 4.78 is 25.3. The number of likely N-dealkylation sites (tertiary alicyclic amines) is 1. The second-order valence-electron chi connectivity index (χ2n) is 26.2. The number of aliphatic carboxylic acids is 1. The van der Waals surface area contributed by atoms with Gasteiger partial charge < -0.3 is 109 Å². The first-order valence-electron chi connectivity index (χ1n) is 36.3. The van der Waals surface area contributed by atoms with Crippen molar-refractivity contribution >= 4 is 99.7 Å². The van der Waals surface area contributed by atoms with Crippen molar-refractivity contribution in [3.63, 3.8) is 0 Å². The number of hydrogen-bond acceptors (Lipinski definition) is 28. The lowest BCUT2D eigenvalue weighted by atomic mass is 10.0. The normalized spacial score (nSPS) is 15.0. The Labute approximate surface area is 641 Å². The number of thioether (sulfide) groups is 1. The van der Waals surface area contributed by atoms with Gasteiger partial charge in [0.2, 0.25) is 65.0 Å². The molecule has 20 N–H and O–H groups in total. The lowest BCUT2D eigenvalue weighted by Gasteiger charge is -2.25. The van der Waals surface area contributed by atoms with Crippen LogP contribution in [0, 0.1) is 5.92 Å². The van der Waals surface area contributed by atoms with Crippen LogP contribution in [0.25, 0.3) is 11.2 Å². The standard InChI is InChI=1S/C68H102N22O20S/c1-5-6-20-110-67-84-56(71)55-57(85-67)90(68(106)83-55)34-43-33-88(87-86-43)19-22-108-24-26-109-25-23-107-21-17-73-52(93)15-18-89-54(95)30-51(65(89)103)111-37-50(64(102)76-40(4)58(96)78-45(28-41-12-8-7-9-13-41)61(99)80-47(66(104)105)27-39(2)3)77-53(94)32-74-60(98)48(35-91)81-63(101)49(36-92)82-62(100)46(29-42-31-72-38-75-42)79-59(97)44(70)14-10-11-16-69/h7-9,12-13,31,33,38-40,44-51,91-92H,5-6,10-11,14-30,32,34-37,69-70H2,1-4H3,(H,72,75)(H,73,93)(H,74,98)(H,76,102)(H,77,94)(H,78,96)(H,79,97)(H,80,99)(H,81,101)(H,82,100)(H,83,106)(H,104,105)(H2,71,84,85)/t40-,44-,45-,46-,47+,48-,49-,50-,51?/m1/s1. The summed E-state index contributed by atoms with van der Waals surface area (Å²) >= 11 is 0.768. The first kappa shape index (κ1) is 89.3. The number of imidazole rings is 2. The van der Waals surface area contributed by atoms with Crippen LogP contribution in [-0.4, -0.2) is 281 Å². The maximum atomic E-state index is 14.2. The van der Waals surface area contributed by atoms with Crippen molar-refractivity contribution in [3.05, 3.63) is 76.5 Å². The van der Waals surface area contributed by atoms with Gasteiger partial charge in [-0.1, -0.05) is 69.2 Å². The fourth-order valence-corrected chi connectivity index (χ4v) is 12.0. The quantitative estimate of drug-likeness (QED) is 0.0127. The van der Waals surface area contributed by atoms with Crippen LogP contribution in [-0.2, 0) is 97.7 Å². The molecule has 610 valence electrons. The van der Waals surface area contributed by atoms with Crippen LogP contribution in [0.4, 0.5) is 5.82 Å². The number of nitrogens with two attached hydrogens (primary N) is 3. The average molecular weight is 1580 g/mol. The van der Waals surface area contributed by atoms with Gasteiger partial charge in [-0.05, 0) is 50.6 Å². The molecule has 43 heteroatoms. The molecule has 5 heterocycles. The van der Waals surface area contributed by atoms with Crippen LogP contribution in [0.3, 0.4) is 0 Å². The first-order valence-corrected chi connectivity index (χ1v) is 37.3. The number of carboxylic acid groups (broad SMARTS) is 1. The Balaban J connectivity index is 0.974. The lowest BCUT2D eigenvalue weighted by Crippen LogP contribution is -2.60. The average Bonchev–Trinajstić information content (AvgIpc) is 1.64. The molecule has 0 bridgehead atoms. The van der Waals surface area contributed by atoms with E-state index in [1.807, 2.05) is 6.92 Å². The second kappa shape index (κ2) is 46.8. The van der Waals surface area contributed by atoms with Crippen LogP contribution in [0.5, 0.6) is 6.01 Å². The van der Waals surface area contributed by atoms with Gasteiger partial charge in [-0.2, -0.15) is 9.97 Å². The van der Waals surface area contributed by atoms with Crippen molar-refractivity contribution in [1.82, 2.24) is 97.2 Å². The molecular weight excluding hydrogens is 1480 g/mol. The van der Waals surface area contributed by atoms with E-state index >= 15 is 0 Å². The number of anilines is 1. The maximum absolute atomic E-state index is 14.2. The van der Waals surface area contributed by atoms with Gasteiger partial charge in [0, 0.05) is 56.4 Å². The molecule has 5 aromatic rings. The number of H-pyrrole nitrogens is 2. The number of unbranched alkanes of at least 4 members (excludes halogenated alkanes) is 2. The number of nitrogen functional groups attached to an aromatic ring is 1. The van der Waals surface area contributed by atoms with Crippen molar-refractivity contribution in [2.24, 2.45) is 17.4 Å². The Kier molecular flexibility index (Phi) is 37.7. The molecule has 1 unspecified atom stereocenters. The number of carbonyl (C=O) groups excluding carboxylic acids is 11. The number of aromatic nitrogens is 9. The van der Waals surface area contributed by atoms with E-state index in [0.717, 1.165) is 29.5 Å². The summed E-state index contributed by atoms with van der Waals surface area (Å²) in [6.45, 7) is 5.94. The predicted octanol–water partition coefficient (Wildman–Crippen LogP) is -5.75. The van der Waals surface area contributed by atoms with E-state index in [1.165, 1.54) is 24.0 Å². The monoisotopic (exact) mass is 1580 g/mol. The number of imide groups is 1. The molecule has 1 fully saturated rings. The van der Waals surface area contributed by atoms with Crippen LogP contribution < -0.4 is 75.5 Å². The minimum absolute atomic E-state index is 0.0584. The molecule has 1 saturated heterocycles. The molecule has 0 saturated carbocycles. The van der Waals surface area contributed by atoms with Crippen LogP contribution >= 0.6 is 11.8 Å². The first-order chi connectivity index (χ1) is 53.2. The molecule has 0 spiro atoms. The van der Waals surface area contributed by atoms with Crippen LogP contribution in [0.1, 0.15) is 96.0 Å². The van der Waals surface area contributed by atoms with Gasteiger partial charge in [-0.25, -0.2) is 19.3 Å². The molecule has 0 radical (unpaired) electrons. The molecule has 1 aromatic carbocycles. The van der Waals surface area contributed by atoms with Gasteiger partial charge >= 0.3 is 17.7 Å². The summed E-state index contributed by atoms with van der Waals surface area (Å²) in [4.78, 5) is 193. The van der Waals surface area contributed by atoms with E-state index in [1.54, 1.807) is 55.1 Å². The Morgan fingerprint density at radius 3 is 2.00 bits per heavy atom. The number of ether oxygens (including phenoxy) is 4. The van der Waals surface area contributed by atoms with E-state index in [0.29, 0.717) is 49.5 Å². The number of aromatic amines is 2. The SMILES string of the molecule is CCCCOc1nc(N)c2[nH]c(=O)n(Cc3cn(CCOCCOCCOCCNC(=O)CCN4C(=O)CC(SC[C@@H](NC(=O)CNC(=O)[C@@H](CO)NC(=O)[C@@H](CO)NC(=O)[C@@H](Cc5cnc[nH]5)NC(=O)[C@H](N)CCCCN)C(=O)N[C@H](C)C(=O)N[C@H](Cc5ccccc5)C(=O)N[C@@H](CC(C)C)C(=O)O)C4=O)nn3)c2n1. The summed E-state index contributed by atoms with van der Waals surface area (Å²) in [5.74, 6) is -11.6. The van der Waals surface area contributed by atoms with Crippen molar-refractivity contribution in [2.75, 3.05) is 97.1 Å². The number of amides is 11. The number of benzene rings is 1. The zero-order valence-corrected chi connectivity index (χ0v) is 63.1. The highest BCUT2D eigenvalue weighted by atomic mass is 32.2. The second-order valence-corrected chi connectivity index (χ2v) is 27.4. The van der Waals surface area contributed by atoms with Gasteiger partial charge in [0.25, 0.3) is 0 Å². The van der Waals surface area contributed by atoms with E-state index in [2.05, 4.69) is 83.1 Å². The molecule has 9 atom stereocenters. The molecule has 0 aliphatic carbocycles.